The van der Waals surface area contributed by atoms with E-state index in [0.717, 1.165) is 37.7 Å². The first kappa shape index (κ1) is 16.3. The summed E-state index contributed by atoms with van der Waals surface area (Å²) in [4.78, 5) is 17.1. The van der Waals surface area contributed by atoms with E-state index in [-0.39, 0.29) is 5.56 Å². The van der Waals surface area contributed by atoms with Crippen molar-refractivity contribution in [3.05, 3.63) is 64.5 Å². The molecule has 3 aromatic rings. The van der Waals surface area contributed by atoms with E-state index in [1.165, 1.54) is 0 Å². The lowest BCUT2D eigenvalue weighted by Crippen LogP contribution is -2.36. The molecule has 0 amide bonds. The zero-order valence-electron chi connectivity index (χ0n) is 14.1. The van der Waals surface area contributed by atoms with Crippen molar-refractivity contribution in [2.24, 2.45) is 0 Å². The van der Waals surface area contributed by atoms with E-state index in [1.54, 1.807) is 18.4 Å². The quantitative estimate of drug-likeness (QED) is 0.723. The third kappa shape index (κ3) is 3.75. The van der Waals surface area contributed by atoms with Gasteiger partial charge in [0, 0.05) is 24.5 Å². The number of anilines is 3. The third-order valence-corrected chi connectivity index (χ3v) is 4.19. The van der Waals surface area contributed by atoms with Crippen molar-refractivity contribution >= 4 is 17.3 Å². The van der Waals surface area contributed by atoms with Crippen LogP contribution in [0.15, 0.2) is 51.9 Å². The van der Waals surface area contributed by atoms with E-state index in [4.69, 9.17) is 9.15 Å². The van der Waals surface area contributed by atoms with E-state index in [1.807, 2.05) is 24.3 Å². The summed E-state index contributed by atoms with van der Waals surface area (Å²) in [5, 5.41) is 11.1. The molecule has 0 saturated carbocycles. The van der Waals surface area contributed by atoms with Gasteiger partial charge >= 0.3 is 0 Å². The Morgan fingerprint density at radius 2 is 1.92 bits per heavy atom. The van der Waals surface area contributed by atoms with Crippen molar-refractivity contribution in [3.8, 4) is 0 Å². The molecule has 134 valence electrons. The van der Waals surface area contributed by atoms with E-state index < -0.39 is 0 Å². The lowest BCUT2D eigenvalue weighted by atomic mass is 10.2. The first-order chi connectivity index (χ1) is 12.8. The van der Waals surface area contributed by atoms with Crippen LogP contribution in [0.5, 0.6) is 0 Å². The van der Waals surface area contributed by atoms with Gasteiger partial charge in [-0.1, -0.05) is 0 Å². The van der Waals surface area contributed by atoms with Gasteiger partial charge in [-0.3, -0.25) is 9.78 Å². The largest absolute Gasteiger partial charge is 0.469 e. The number of nitrogens with zero attached hydrogens (tertiary/aromatic N) is 3. The number of morpholine rings is 1. The van der Waals surface area contributed by atoms with Gasteiger partial charge in [0.15, 0.2) is 0 Å². The highest BCUT2D eigenvalue weighted by atomic mass is 16.5. The topological polar surface area (TPSA) is 96.3 Å². The minimum absolute atomic E-state index is 0.288. The molecule has 0 atom stereocenters. The van der Waals surface area contributed by atoms with Crippen molar-refractivity contribution in [1.82, 2.24) is 15.2 Å². The molecule has 0 radical (unpaired) electrons. The molecule has 1 fully saturated rings. The summed E-state index contributed by atoms with van der Waals surface area (Å²) >= 11 is 0. The summed E-state index contributed by atoms with van der Waals surface area (Å²) in [7, 11) is 0. The Bertz CT molecular complexity index is 899. The van der Waals surface area contributed by atoms with Crippen LogP contribution < -0.4 is 15.8 Å². The number of hydrogen-bond acceptors (Lipinski definition) is 7. The Labute approximate surface area is 149 Å². The smallest absolute Gasteiger partial charge is 0.274 e. The highest BCUT2D eigenvalue weighted by molar-refractivity contribution is 5.59. The Balaban J connectivity index is 1.43. The van der Waals surface area contributed by atoms with Gasteiger partial charge in [-0.05, 0) is 36.4 Å². The number of aromatic amines is 1. The highest BCUT2D eigenvalue weighted by Crippen LogP contribution is 2.20. The molecule has 2 N–H and O–H groups in total. The summed E-state index contributed by atoms with van der Waals surface area (Å²) in [5.74, 6) is 0.974. The molecule has 0 bridgehead atoms. The monoisotopic (exact) mass is 353 g/mol. The molecule has 4 rings (SSSR count). The molecule has 1 aliphatic rings. The second kappa shape index (κ2) is 7.40. The van der Waals surface area contributed by atoms with Crippen LogP contribution in [0.3, 0.4) is 0 Å². The summed E-state index contributed by atoms with van der Waals surface area (Å²) in [5.41, 5.74) is 2.00. The number of H-pyrrole nitrogens is 1. The van der Waals surface area contributed by atoms with Crippen molar-refractivity contribution < 1.29 is 9.15 Å². The molecular formula is C18H19N5O3. The van der Waals surface area contributed by atoms with Crippen LogP contribution in [-0.4, -0.2) is 41.5 Å². The van der Waals surface area contributed by atoms with Crippen LogP contribution in [-0.2, 0) is 11.2 Å². The van der Waals surface area contributed by atoms with Crippen LogP contribution in [0.25, 0.3) is 0 Å². The molecule has 0 unspecified atom stereocenters. The van der Waals surface area contributed by atoms with E-state index in [2.05, 4.69) is 25.4 Å². The van der Waals surface area contributed by atoms with Crippen molar-refractivity contribution in [1.29, 1.82) is 0 Å². The maximum absolute atomic E-state index is 12.2. The average Bonchev–Trinajstić information content (AvgIpc) is 3.19. The SMILES string of the molecule is O=c1[nH]c(Nc2ccc(N3CCOCC3)cc2)nnc1Cc1ccco1. The lowest BCUT2D eigenvalue weighted by molar-refractivity contribution is 0.122. The molecule has 8 heteroatoms. The standard InChI is InChI=1S/C18H19N5O3/c24-17-16(12-15-2-1-9-26-15)21-22-18(20-17)19-13-3-5-14(6-4-13)23-7-10-25-11-8-23/h1-6,9H,7-8,10-12H2,(H2,19,20,22,24). The van der Waals surface area contributed by atoms with Crippen LogP contribution in [0.1, 0.15) is 11.5 Å². The Morgan fingerprint density at radius 1 is 1.12 bits per heavy atom. The molecular weight excluding hydrogens is 334 g/mol. The summed E-state index contributed by atoms with van der Waals surface area (Å²) in [6.45, 7) is 3.29. The van der Waals surface area contributed by atoms with Crippen LogP contribution in [0.4, 0.5) is 17.3 Å². The Morgan fingerprint density at radius 3 is 2.62 bits per heavy atom. The normalized spacial score (nSPS) is 14.4. The summed E-state index contributed by atoms with van der Waals surface area (Å²) in [6, 6.07) is 11.5. The first-order valence-corrected chi connectivity index (χ1v) is 8.46. The maximum atomic E-state index is 12.2. The molecule has 2 aromatic heterocycles. The minimum atomic E-state index is -0.288. The molecule has 1 aliphatic heterocycles. The average molecular weight is 353 g/mol. The van der Waals surface area contributed by atoms with Gasteiger partial charge in [0.25, 0.3) is 5.56 Å². The maximum Gasteiger partial charge on any atom is 0.274 e. The fraction of sp³-hybridized carbons (Fsp3) is 0.278. The molecule has 0 aliphatic carbocycles. The van der Waals surface area contributed by atoms with Crippen molar-refractivity contribution in [3.63, 3.8) is 0 Å². The second-order valence-corrected chi connectivity index (χ2v) is 5.98. The van der Waals surface area contributed by atoms with E-state index >= 15 is 0 Å². The third-order valence-electron chi connectivity index (χ3n) is 4.19. The van der Waals surface area contributed by atoms with E-state index in [0.29, 0.717) is 23.8 Å². The lowest BCUT2D eigenvalue weighted by Gasteiger charge is -2.28. The highest BCUT2D eigenvalue weighted by Gasteiger charge is 2.11. The molecule has 26 heavy (non-hydrogen) atoms. The van der Waals surface area contributed by atoms with E-state index in [9.17, 15) is 4.79 Å². The number of rotatable bonds is 5. The van der Waals surface area contributed by atoms with Gasteiger partial charge in [-0.15, -0.1) is 10.2 Å². The van der Waals surface area contributed by atoms with Gasteiger partial charge in [0.05, 0.1) is 25.9 Å². The summed E-state index contributed by atoms with van der Waals surface area (Å²) < 4.78 is 10.6. The fourth-order valence-electron chi connectivity index (χ4n) is 2.82. The predicted molar refractivity (Wildman–Crippen MR) is 96.9 cm³/mol. The van der Waals surface area contributed by atoms with Gasteiger partial charge < -0.3 is 19.4 Å². The molecule has 8 nitrogen and oxygen atoms in total. The van der Waals surface area contributed by atoms with Gasteiger partial charge in [0.1, 0.15) is 11.5 Å². The van der Waals surface area contributed by atoms with Gasteiger partial charge in [-0.2, -0.15) is 0 Å². The molecule has 1 aromatic carbocycles. The molecule has 0 spiro atoms. The predicted octanol–water partition coefficient (Wildman–Crippen LogP) is 1.93. The fourth-order valence-corrected chi connectivity index (χ4v) is 2.82. The van der Waals surface area contributed by atoms with Crippen molar-refractivity contribution in [2.75, 3.05) is 36.5 Å². The zero-order valence-corrected chi connectivity index (χ0v) is 14.1. The zero-order chi connectivity index (χ0) is 17.8. The van der Waals surface area contributed by atoms with Gasteiger partial charge in [0.2, 0.25) is 5.95 Å². The molecule has 3 heterocycles. The van der Waals surface area contributed by atoms with Crippen LogP contribution >= 0.6 is 0 Å². The number of aromatic nitrogens is 3. The number of nitrogens with one attached hydrogen (secondary N) is 2. The second-order valence-electron chi connectivity index (χ2n) is 5.98. The van der Waals surface area contributed by atoms with Crippen molar-refractivity contribution in [2.45, 2.75) is 6.42 Å². The number of furan rings is 1. The summed E-state index contributed by atoms with van der Waals surface area (Å²) in [6.07, 6.45) is 1.87. The minimum Gasteiger partial charge on any atom is -0.469 e. The number of benzene rings is 1. The van der Waals surface area contributed by atoms with Gasteiger partial charge in [-0.25, -0.2) is 0 Å². The Kier molecular flexibility index (Phi) is 4.65. The Hall–Kier alpha value is -3.13. The van der Waals surface area contributed by atoms with Crippen LogP contribution in [0, 0.1) is 0 Å². The number of ether oxygens (including phenoxy) is 1. The molecule has 1 saturated heterocycles. The number of hydrogen-bond donors (Lipinski definition) is 2. The van der Waals surface area contributed by atoms with Crippen LogP contribution in [0.2, 0.25) is 0 Å². The first-order valence-electron chi connectivity index (χ1n) is 8.46.